The number of rotatable bonds is 7. The summed E-state index contributed by atoms with van der Waals surface area (Å²) < 4.78 is 60.8. The summed E-state index contributed by atoms with van der Waals surface area (Å²) in [5.74, 6) is -0.740. The van der Waals surface area contributed by atoms with E-state index in [9.17, 15) is 27.2 Å². The molecule has 1 amide bonds. The highest BCUT2D eigenvalue weighted by Crippen LogP contribution is 2.37. The van der Waals surface area contributed by atoms with Gasteiger partial charge in [0.05, 0.1) is 18.1 Å². The van der Waals surface area contributed by atoms with Crippen molar-refractivity contribution in [2.24, 2.45) is 5.92 Å². The molecule has 1 N–H and O–H groups in total. The first-order valence-electron chi connectivity index (χ1n) is 13.3. The second-order valence-electron chi connectivity index (χ2n) is 10.2. The number of aromatic nitrogens is 5. The quantitative estimate of drug-likeness (QED) is 0.261. The molecule has 1 fully saturated rings. The first-order chi connectivity index (χ1) is 20.6. The van der Waals surface area contributed by atoms with Crippen LogP contribution in [0.4, 0.5) is 17.6 Å². The number of nitrogens with zero attached hydrogens (tertiary/aromatic N) is 5. The number of carbonyl (C=O) groups excluding carboxylic acids is 1. The van der Waals surface area contributed by atoms with Crippen LogP contribution >= 0.6 is 0 Å². The predicted octanol–water partition coefficient (Wildman–Crippen LogP) is 5.18. The van der Waals surface area contributed by atoms with Crippen molar-refractivity contribution in [1.29, 1.82) is 0 Å². The van der Waals surface area contributed by atoms with Crippen molar-refractivity contribution >= 4 is 11.6 Å². The standard InChI is InChI=1S/C30H24F4N6O3/c1-17-25(36-12-11-35-17)26-24(29(42)39-15-18(14-31)16-39)28-37-22(13-23(41)40(28)38-26)19-7-9-21(10-8-19)43-27(30(32,33)34)20-5-3-2-4-6-20/h2-13,18,27,37H,14-16H2,1H3/t27-/m1/s1. The Hall–Kier alpha value is -5.07. The van der Waals surface area contributed by atoms with E-state index in [2.05, 4.69) is 20.1 Å². The number of halogens is 4. The molecular formula is C30H24F4N6O3. The topological polar surface area (TPSA) is 105 Å². The number of amides is 1. The smallest absolute Gasteiger partial charge is 0.429 e. The van der Waals surface area contributed by atoms with Crippen molar-refractivity contribution in [2.45, 2.75) is 19.2 Å². The monoisotopic (exact) mass is 592 g/mol. The van der Waals surface area contributed by atoms with Crippen LogP contribution in [0.25, 0.3) is 28.3 Å². The number of ether oxygens (including phenoxy) is 1. The van der Waals surface area contributed by atoms with E-state index in [0.29, 0.717) is 22.6 Å². The van der Waals surface area contributed by atoms with Crippen LogP contribution in [0.2, 0.25) is 0 Å². The lowest BCUT2D eigenvalue weighted by atomic mass is 10.00. The van der Waals surface area contributed by atoms with Gasteiger partial charge in [-0.3, -0.25) is 23.9 Å². The predicted molar refractivity (Wildman–Crippen MR) is 148 cm³/mol. The molecule has 9 nitrogen and oxygen atoms in total. The number of nitrogens with one attached hydrogen (secondary N) is 1. The van der Waals surface area contributed by atoms with Crippen LogP contribution in [0.5, 0.6) is 5.75 Å². The number of aromatic amines is 1. The second kappa shape index (κ2) is 11.0. The fourth-order valence-electron chi connectivity index (χ4n) is 5.00. The summed E-state index contributed by atoms with van der Waals surface area (Å²) in [6.45, 7) is 1.59. The first-order valence-corrected chi connectivity index (χ1v) is 13.3. The Morgan fingerprint density at radius 2 is 1.74 bits per heavy atom. The van der Waals surface area contributed by atoms with E-state index in [4.69, 9.17) is 4.74 Å². The Labute approximate surface area is 241 Å². The minimum atomic E-state index is -4.65. The van der Waals surface area contributed by atoms with E-state index >= 15 is 0 Å². The SMILES string of the molecule is Cc1nccnc1-c1nn2c(=O)cc(-c3ccc(O[C@H](c4ccccc4)C(F)(F)F)cc3)[nH]c2c1C(=O)N1CC(CF)C1. The van der Waals surface area contributed by atoms with E-state index in [-0.39, 0.29) is 47.2 Å². The maximum Gasteiger partial charge on any atom is 0.429 e. The summed E-state index contributed by atoms with van der Waals surface area (Å²) in [6.07, 6.45) is -3.88. The van der Waals surface area contributed by atoms with Crippen molar-refractivity contribution in [3.05, 3.63) is 100 Å². The van der Waals surface area contributed by atoms with Crippen LogP contribution < -0.4 is 10.3 Å². The second-order valence-corrected chi connectivity index (χ2v) is 10.2. The van der Waals surface area contributed by atoms with E-state index in [1.165, 1.54) is 71.9 Å². The third kappa shape index (κ3) is 5.33. The van der Waals surface area contributed by atoms with Gasteiger partial charge in [0.15, 0.2) is 5.65 Å². The molecule has 2 aromatic carbocycles. The van der Waals surface area contributed by atoms with Gasteiger partial charge in [-0.05, 0) is 36.8 Å². The number of carbonyl (C=O) groups is 1. The highest BCUT2D eigenvalue weighted by atomic mass is 19.4. The number of fused-ring (bicyclic) bond motifs is 1. The summed E-state index contributed by atoms with van der Waals surface area (Å²) in [4.78, 5) is 40.0. The highest BCUT2D eigenvalue weighted by Gasteiger charge is 2.43. The molecule has 220 valence electrons. The Morgan fingerprint density at radius 3 is 2.40 bits per heavy atom. The molecule has 1 aliphatic heterocycles. The van der Waals surface area contributed by atoms with Crippen molar-refractivity contribution < 1.29 is 27.1 Å². The third-order valence-electron chi connectivity index (χ3n) is 7.22. The summed E-state index contributed by atoms with van der Waals surface area (Å²) in [5, 5.41) is 4.40. The average Bonchev–Trinajstić information content (AvgIpc) is 3.35. The Kier molecular flexibility index (Phi) is 7.16. The van der Waals surface area contributed by atoms with E-state index in [1.807, 2.05) is 0 Å². The Bertz CT molecular complexity index is 1850. The summed E-state index contributed by atoms with van der Waals surface area (Å²) in [5.41, 5.74) is 1.26. The van der Waals surface area contributed by atoms with Crippen LogP contribution in [-0.4, -0.2) is 61.3 Å². The van der Waals surface area contributed by atoms with Gasteiger partial charge in [0.2, 0.25) is 6.10 Å². The molecule has 0 unspecified atom stereocenters. The molecule has 0 radical (unpaired) electrons. The van der Waals surface area contributed by atoms with Gasteiger partial charge < -0.3 is 14.6 Å². The van der Waals surface area contributed by atoms with Crippen LogP contribution in [-0.2, 0) is 0 Å². The van der Waals surface area contributed by atoms with Crippen molar-refractivity contribution in [1.82, 2.24) is 29.5 Å². The lowest BCUT2D eigenvalue weighted by Crippen LogP contribution is -2.50. The van der Waals surface area contributed by atoms with Crippen molar-refractivity contribution in [3.63, 3.8) is 0 Å². The molecule has 4 heterocycles. The molecule has 3 aromatic heterocycles. The van der Waals surface area contributed by atoms with E-state index in [0.717, 1.165) is 4.52 Å². The van der Waals surface area contributed by atoms with Crippen LogP contribution in [0, 0.1) is 12.8 Å². The molecule has 0 spiro atoms. The van der Waals surface area contributed by atoms with Crippen LogP contribution in [0.3, 0.4) is 0 Å². The minimum Gasteiger partial charge on any atom is -0.476 e. The minimum absolute atomic E-state index is 0.0285. The number of hydrogen-bond acceptors (Lipinski definition) is 6. The number of aryl methyl sites for hydroxylation is 1. The lowest BCUT2D eigenvalue weighted by molar-refractivity contribution is -0.198. The van der Waals surface area contributed by atoms with Crippen LogP contribution in [0.15, 0.2) is 77.9 Å². The van der Waals surface area contributed by atoms with E-state index in [1.54, 1.807) is 13.0 Å². The summed E-state index contributed by atoms with van der Waals surface area (Å²) >= 11 is 0. The Balaban J connectivity index is 1.39. The molecule has 1 atom stereocenters. The summed E-state index contributed by atoms with van der Waals surface area (Å²) in [6, 6.07) is 14.3. The molecule has 5 aromatic rings. The maximum absolute atomic E-state index is 13.8. The number of likely N-dealkylation sites (tertiary alicyclic amines) is 1. The van der Waals surface area contributed by atoms with Crippen LogP contribution in [0.1, 0.15) is 27.7 Å². The Morgan fingerprint density at radius 1 is 1.05 bits per heavy atom. The van der Waals surface area contributed by atoms with Gasteiger partial charge >= 0.3 is 6.18 Å². The summed E-state index contributed by atoms with van der Waals surface area (Å²) in [7, 11) is 0. The van der Waals surface area contributed by atoms with Gasteiger partial charge in [0, 0.05) is 43.0 Å². The van der Waals surface area contributed by atoms with Crippen molar-refractivity contribution in [3.8, 4) is 28.4 Å². The van der Waals surface area contributed by atoms with Crippen molar-refractivity contribution in [2.75, 3.05) is 19.8 Å². The molecule has 13 heteroatoms. The van der Waals surface area contributed by atoms with Gasteiger partial charge in [-0.25, -0.2) is 0 Å². The van der Waals surface area contributed by atoms with Gasteiger partial charge in [0.25, 0.3) is 11.5 Å². The number of hydrogen-bond donors (Lipinski definition) is 1. The maximum atomic E-state index is 13.8. The molecule has 0 saturated carbocycles. The largest absolute Gasteiger partial charge is 0.476 e. The fourth-order valence-corrected chi connectivity index (χ4v) is 5.00. The number of H-pyrrole nitrogens is 1. The fraction of sp³-hybridized carbons (Fsp3) is 0.233. The molecule has 1 aliphatic rings. The van der Waals surface area contributed by atoms with Gasteiger partial charge in [-0.2, -0.15) is 22.8 Å². The van der Waals surface area contributed by atoms with E-state index < -0.39 is 30.4 Å². The zero-order chi connectivity index (χ0) is 30.3. The molecule has 1 saturated heterocycles. The number of alkyl halides is 4. The number of benzene rings is 2. The lowest BCUT2D eigenvalue weighted by Gasteiger charge is -2.37. The first kappa shape index (κ1) is 28.1. The zero-order valence-corrected chi connectivity index (χ0v) is 22.7. The van der Waals surface area contributed by atoms with Gasteiger partial charge in [-0.1, -0.05) is 30.3 Å². The zero-order valence-electron chi connectivity index (χ0n) is 22.7. The normalized spacial score (nSPS) is 14.5. The average molecular weight is 593 g/mol. The molecule has 0 aliphatic carbocycles. The van der Waals surface area contributed by atoms with Gasteiger partial charge in [-0.15, -0.1) is 0 Å². The molecular weight excluding hydrogens is 568 g/mol. The molecule has 0 bridgehead atoms. The third-order valence-corrected chi connectivity index (χ3v) is 7.22. The molecule has 6 rings (SSSR count). The molecule has 43 heavy (non-hydrogen) atoms. The van der Waals surface area contributed by atoms with Gasteiger partial charge in [0.1, 0.15) is 22.7 Å². The highest BCUT2D eigenvalue weighted by molar-refractivity contribution is 6.06.